The molecule has 0 spiro atoms. The molecule has 4 atom stereocenters. The molecule has 4 unspecified atom stereocenters. The van der Waals surface area contributed by atoms with Crippen LogP contribution in [0.5, 0.6) is 0 Å². The molecular formula is C16H26ClN3OS. The van der Waals surface area contributed by atoms with Crippen LogP contribution in [0, 0.1) is 11.3 Å². The second-order valence-electron chi connectivity index (χ2n) is 7.42. The minimum Gasteiger partial charge on any atom is -0.311 e. The Morgan fingerprint density at radius 1 is 1.36 bits per heavy atom. The van der Waals surface area contributed by atoms with Crippen LogP contribution in [0.1, 0.15) is 45.4 Å². The molecule has 0 saturated carbocycles. The Labute approximate surface area is 143 Å². The van der Waals surface area contributed by atoms with E-state index in [-0.39, 0.29) is 24.0 Å². The van der Waals surface area contributed by atoms with E-state index in [2.05, 4.69) is 38.0 Å². The van der Waals surface area contributed by atoms with Crippen LogP contribution in [0.4, 0.5) is 5.69 Å². The SMILES string of the molecule is CC1CC(C2N=Cc3sccc3N2O)CC(C(C)(C)C)N1.Cl. The fourth-order valence-electron chi connectivity index (χ4n) is 3.45. The monoisotopic (exact) mass is 343 g/mol. The highest BCUT2D eigenvalue weighted by atomic mass is 35.5. The largest absolute Gasteiger partial charge is 0.311 e. The molecule has 3 rings (SSSR count). The van der Waals surface area contributed by atoms with E-state index in [1.165, 1.54) is 5.06 Å². The van der Waals surface area contributed by atoms with Gasteiger partial charge in [0.05, 0.1) is 10.6 Å². The standard InChI is InChI=1S/C16H25N3OS.ClH/c1-10-7-11(8-14(18-10)16(2,3)4)15-17-9-13-12(19(15)20)5-6-21-13;/h5-6,9-11,14-15,18,20H,7-8H2,1-4H3;1H. The molecule has 3 heterocycles. The summed E-state index contributed by atoms with van der Waals surface area (Å²) in [6.45, 7) is 9.06. The highest BCUT2D eigenvalue weighted by Crippen LogP contribution is 2.38. The number of anilines is 1. The summed E-state index contributed by atoms with van der Waals surface area (Å²) in [4.78, 5) is 5.68. The number of hydrogen-bond acceptors (Lipinski definition) is 5. The Morgan fingerprint density at radius 2 is 2.09 bits per heavy atom. The van der Waals surface area contributed by atoms with Gasteiger partial charge in [-0.2, -0.15) is 0 Å². The number of thiophene rings is 1. The molecule has 0 amide bonds. The summed E-state index contributed by atoms with van der Waals surface area (Å²) in [5.41, 5.74) is 1.12. The van der Waals surface area contributed by atoms with Crippen LogP contribution in [0.25, 0.3) is 0 Å². The molecule has 2 aliphatic rings. The van der Waals surface area contributed by atoms with Crippen molar-refractivity contribution in [1.29, 1.82) is 0 Å². The van der Waals surface area contributed by atoms with Gasteiger partial charge < -0.3 is 5.32 Å². The predicted octanol–water partition coefficient (Wildman–Crippen LogP) is 3.93. The molecule has 4 nitrogen and oxygen atoms in total. The van der Waals surface area contributed by atoms with Crippen molar-refractivity contribution in [2.45, 2.75) is 58.8 Å². The third-order valence-electron chi connectivity index (χ3n) is 4.66. The Kier molecular flexibility index (Phi) is 5.22. The third kappa shape index (κ3) is 3.32. The summed E-state index contributed by atoms with van der Waals surface area (Å²) in [6.07, 6.45) is 3.87. The van der Waals surface area contributed by atoms with Gasteiger partial charge in [-0.15, -0.1) is 23.7 Å². The molecule has 0 aromatic carbocycles. The van der Waals surface area contributed by atoms with Crippen molar-refractivity contribution in [2.75, 3.05) is 5.06 Å². The molecule has 124 valence electrons. The molecule has 0 aliphatic carbocycles. The summed E-state index contributed by atoms with van der Waals surface area (Å²) in [7, 11) is 0. The molecule has 6 heteroatoms. The third-order valence-corrected chi connectivity index (χ3v) is 5.50. The van der Waals surface area contributed by atoms with E-state index < -0.39 is 0 Å². The number of aliphatic imine (C=N–C) groups is 1. The molecule has 1 saturated heterocycles. The van der Waals surface area contributed by atoms with Gasteiger partial charge in [0.25, 0.3) is 0 Å². The fourth-order valence-corrected chi connectivity index (χ4v) is 4.20. The van der Waals surface area contributed by atoms with Crippen molar-refractivity contribution in [3.05, 3.63) is 16.3 Å². The molecule has 22 heavy (non-hydrogen) atoms. The van der Waals surface area contributed by atoms with Crippen molar-refractivity contribution in [2.24, 2.45) is 16.3 Å². The zero-order valence-corrected chi connectivity index (χ0v) is 15.2. The van der Waals surface area contributed by atoms with Crippen LogP contribution in [-0.4, -0.2) is 29.7 Å². The lowest BCUT2D eigenvalue weighted by Crippen LogP contribution is -2.54. The van der Waals surface area contributed by atoms with Crippen molar-refractivity contribution in [3.63, 3.8) is 0 Å². The van der Waals surface area contributed by atoms with Gasteiger partial charge in [0.15, 0.2) is 0 Å². The lowest BCUT2D eigenvalue weighted by Gasteiger charge is -2.45. The van der Waals surface area contributed by atoms with Gasteiger partial charge in [0.2, 0.25) is 0 Å². The predicted molar refractivity (Wildman–Crippen MR) is 95.8 cm³/mol. The highest BCUT2D eigenvalue weighted by Gasteiger charge is 2.39. The number of rotatable bonds is 1. The molecule has 1 fully saturated rings. The summed E-state index contributed by atoms with van der Waals surface area (Å²) in [5, 5.41) is 17.6. The molecule has 0 bridgehead atoms. The number of nitrogens with zero attached hydrogens (tertiary/aromatic N) is 2. The Bertz CT molecular complexity index is 540. The maximum atomic E-state index is 10.5. The molecule has 2 aliphatic heterocycles. The zero-order valence-electron chi connectivity index (χ0n) is 13.6. The minimum atomic E-state index is -0.151. The van der Waals surface area contributed by atoms with Crippen molar-refractivity contribution in [3.8, 4) is 0 Å². The number of halogens is 1. The van der Waals surface area contributed by atoms with Gasteiger partial charge in [-0.05, 0) is 36.6 Å². The number of nitrogens with one attached hydrogen (secondary N) is 1. The lowest BCUT2D eigenvalue weighted by atomic mass is 9.75. The lowest BCUT2D eigenvalue weighted by molar-refractivity contribution is 0.107. The number of fused-ring (bicyclic) bond motifs is 1. The van der Waals surface area contributed by atoms with Crippen LogP contribution in [0.3, 0.4) is 0 Å². The Morgan fingerprint density at radius 3 is 2.77 bits per heavy atom. The smallest absolute Gasteiger partial charge is 0.148 e. The summed E-state index contributed by atoms with van der Waals surface area (Å²) in [6, 6.07) is 2.89. The Hall–Kier alpha value is -0.620. The van der Waals surface area contributed by atoms with Crippen molar-refractivity contribution < 1.29 is 5.21 Å². The number of piperidine rings is 1. The maximum Gasteiger partial charge on any atom is 0.148 e. The molecule has 2 N–H and O–H groups in total. The van der Waals surface area contributed by atoms with Gasteiger partial charge in [-0.25, -0.2) is 5.06 Å². The molecular weight excluding hydrogens is 318 g/mol. The van der Waals surface area contributed by atoms with Gasteiger partial charge in [0, 0.05) is 24.2 Å². The average molecular weight is 344 g/mol. The van der Waals surface area contributed by atoms with E-state index in [0.29, 0.717) is 18.0 Å². The first-order chi connectivity index (χ1) is 9.86. The second-order valence-corrected chi connectivity index (χ2v) is 8.37. The molecule has 1 aromatic heterocycles. The zero-order chi connectivity index (χ0) is 15.2. The second kappa shape index (κ2) is 6.48. The van der Waals surface area contributed by atoms with Crippen molar-refractivity contribution in [1.82, 2.24) is 5.32 Å². The quantitative estimate of drug-likeness (QED) is 0.812. The van der Waals surface area contributed by atoms with Gasteiger partial charge in [-0.1, -0.05) is 20.8 Å². The number of hydrogen-bond donors (Lipinski definition) is 2. The van der Waals surface area contributed by atoms with E-state index in [1.54, 1.807) is 11.3 Å². The Balaban J connectivity index is 0.00000176. The van der Waals surface area contributed by atoms with E-state index in [4.69, 9.17) is 0 Å². The topological polar surface area (TPSA) is 47.9 Å². The summed E-state index contributed by atoms with van der Waals surface area (Å²) >= 11 is 1.62. The van der Waals surface area contributed by atoms with Gasteiger partial charge in [-0.3, -0.25) is 10.2 Å². The van der Waals surface area contributed by atoms with Crippen LogP contribution in [-0.2, 0) is 0 Å². The van der Waals surface area contributed by atoms with Crippen LogP contribution < -0.4 is 10.4 Å². The first-order valence-corrected chi connectivity index (χ1v) is 8.59. The fraction of sp³-hybridized carbons (Fsp3) is 0.688. The van der Waals surface area contributed by atoms with Gasteiger partial charge in [0.1, 0.15) is 6.17 Å². The van der Waals surface area contributed by atoms with E-state index in [1.807, 2.05) is 17.7 Å². The van der Waals surface area contributed by atoms with Crippen LogP contribution >= 0.6 is 23.7 Å². The normalized spacial score (nSPS) is 31.6. The van der Waals surface area contributed by atoms with E-state index >= 15 is 0 Å². The molecule has 1 aromatic rings. The van der Waals surface area contributed by atoms with Crippen molar-refractivity contribution >= 4 is 35.6 Å². The van der Waals surface area contributed by atoms with E-state index in [0.717, 1.165) is 23.4 Å². The highest BCUT2D eigenvalue weighted by molar-refractivity contribution is 7.12. The van der Waals surface area contributed by atoms with Gasteiger partial charge >= 0.3 is 0 Å². The number of hydroxylamine groups is 1. The first kappa shape index (κ1) is 17.7. The summed E-state index contributed by atoms with van der Waals surface area (Å²) < 4.78 is 0. The van der Waals surface area contributed by atoms with Crippen LogP contribution in [0.2, 0.25) is 0 Å². The first-order valence-electron chi connectivity index (χ1n) is 7.71. The molecule has 0 radical (unpaired) electrons. The average Bonchev–Trinajstić information content (AvgIpc) is 2.86. The maximum absolute atomic E-state index is 10.5. The van der Waals surface area contributed by atoms with Crippen LogP contribution in [0.15, 0.2) is 16.4 Å². The summed E-state index contributed by atoms with van der Waals surface area (Å²) in [5.74, 6) is 0.375. The van der Waals surface area contributed by atoms with E-state index in [9.17, 15) is 5.21 Å². The minimum absolute atomic E-state index is 0.